The number of aromatic nitrogens is 2. The number of hydrogen-bond acceptors (Lipinski definition) is 4. The molecule has 0 saturated heterocycles. The number of ether oxygens (including phenoxy) is 1. The number of esters is 1. The number of halogens is 1. The molecule has 0 bridgehead atoms. The molecule has 3 aromatic rings. The van der Waals surface area contributed by atoms with Gasteiger partial charge in [-0.05, 0) is 49.2 Å². The molecule has 0 aliphatic rings. The summed E-state index contributed by atoms with van der Waals surface area (Å²) in [6.07, 6.45) is 2.19. The van der Waals surface area contributed by atoms with Crippen LogP contribution in [0.1, 0.15) is 23.7 Å². The lowest BCUT2D eigenvalue weighted by molar-refractivity contribution is -0.143. The quantitative estimate of drug-likeness (QED) is 0.506. The van der Waals surface area contributed by atoms with Crippen molar-refractivity contribution in [3.05, 3.63) is 70.6 Å². The third-order valence-electron chi connectivity index (χ3n) is 4.46. The van der Waals surface area contributed by atoms with E-state index in [9.17, 15) is 9.90 Å². The second-order valence-electron chi connectivity index (χ2n) is 6.20. The molecule has 1 N–H and O–H groups in total. The molecule has 5 nitrogen and oxygen atoms in total. The first-order valence-electron chi connectivity index (χ1n) is 8.73. The van der Waals surface area contributed by atoms with Gasteiger partial charge < -0.3 is 14.4 Å². The molecule has 2 aromatic heterocycles. The predicted molar refractivity (Wildman–Crippen MR) is 105 cm³/mol. The van der Waals surface area contributed by atoms with Gasteiger partial charge in [0.05, 0.1) is 6.61 Å². The maximum Gasteiger partial charge on any atom is 0.325 e. The smallest absolute Gasteiger partial charge is 0.325 e. The number of phenols is 1. The van der Waals surface area contributed by atoms with Gasteiger partial charge in [0.25, 0.3) is 0 Å². The van der Waals surface area contributed by atoms with Gasteiger partial charge in [0.15, 0.2) is 0 Å². The Morgan fingerprint density at radius 3 is 2.70 bits per heavy atom. The maximum absolute atomic E-state index is 12.1. The average Bonchev–Trinajstić information content (AvgIpc) is 2.93. The van der Waals surface area contributed by atoms with Gasteiger partial charge in [-0.2, -0.15) is 0 Å². The van der Waals surface area contributed by atoms with Crippen molar-refractivity contribution in [3.8, 4) is 17.0 Å². The highest BCUT2D eigenvalue weighted by molar-refractivity contribution is 6.29. The summed E-state index contributed by atoms with van der Waals surface area (Å²) in [5.41, 5.74) is 4.51. The highest BCUT2D eigenvalue weighted by atomic mass is 35.5. The molecule has 27 heavy (non-hydrogen) atoms. The van der Waals surface area contributed by atoms with Crippen LogP contribution in [-0.4, -0.2) is 27.2 Å². The molecule has 0 unspecified atom stereocenters. The molecule has 140 valence electrons. The van der Waals surface area contributed by atoms with Crippen LogP contribution >= 0.6 is 11.6 Å². The molecule has 0 atom stereocenters. The van der Waals surface area contributed by atoms with Crippen LogP contribution in [0.3, 0.4) is 0 Å². The Bertz CT molecular complexity index is 966. The van der Waals surface area contributed by atoms with Crippen molar-refractivity contribution in [1.29, 1.82) is 0 Å². The van der Waals surface area contributed by atoms with Gasteiger partial charge in [0, 0.05) is 29.6 Å². The number of carbonyl (C=O) groups excluding carboxylic acids is 1. The first-order valence-corrected chi connectivity index (χ1v) is 9.10. The number of hydrogen-bond donors (Lipinski definition) is 1. The minimum absolute atomic E-state index is 0.107. The van der Waals surface area contributed by atoms with E-state index in [4.69, 9.17) is 16.3 Å². The van der Waals surface area contributed by atoms with E-state index in [1.165, 1.54) is 0 Å². The van der Waals surface area contributed by atoms with Crippen LogP contribution in [0, 0.1) is 6.92 Å². The molecule has 0 amide bonds. The number of benzene rings is 1. The van der Waals surface area contributed by atoms with Crippen molar-refractivity contribution in [2.75, 3.05) is 6.61 Å². The Balaban J connectivity index is 2.05. The number of phenolic OH excluding ortho intramolecular Hbond substituents is 1. The van der Waals surface area contributed by atoms with Crippen LogP contribution in [0.4, 0.5) is 0 Å². The zero-order valence-electron chi connectivity index (χ0n) is 15.3. The van der Waals surface area contributed by atoms with Crippen LogP contribution in [0.5, 0.6) is 5.75 Å². The fraction of sp³-hybridized carbons (Fsp3) is 0.238. The molecule has 0 spiro atoms. The first-order chi connectivity index (χ1) is 13.0. The van der Waals surface area contributed by atoms with E-state index in [1.807, 2.05) is 35.8 Å². The lowest BCUT2D eigenvalue weighted by atomic mass is 10.0. The van der Waals surface area contributed by atoms with E-state index >= 15 is 0 Å². The Morgan fingerprint density at radius 2 is 2.00 bits per heavy atom. The molecule has 1 aromatic carbocycles. The summed E-state index contributed by atoms with van der Waals surface area (Å²) in [5.74, 6) is -0.0461. The van der Waals surface area contributed by atoms with E-state index in [1.54, 1.807) is 31.3 Å². The summed E-state index contributed by atoms with van der Waals surface area (Å²) < 4.78 is 7.04. The molecule has 3 rings (SSSR count). The second-order valence-corrected chi connectivity index (χ2v) is 6.59. The maximum atomic E-state index is 12.1. The number of rotatable bonds is 6. The Labute approximate surface area is 163 Å². The fourth-order valence-corrected chi connectivity index (χ4v) is 3.26. The van der Waals surface area contributed by atoms with Crippen molar-refractivity contribution in [3.63, 3.8) is 0 Å². The van der Waals surface area contributed by atoms with Crippen LogP contribution in [-0.2, 0) is 22.5 Å². The van der Waals surface area contributed by atoms with E-state index in [0.717, 1.165) is 28.1 Å². The largest absolute Gasteiger partial charge is 0.508 e. The van der Waals surface area contributed by atoms with Crippen molar-refractivity contribution in [2.24, 2.45) is 0 Å². The highest BCUT2D eigenvalue weighted by Crippen LogP contribution is 2.30. The fourth-order valence-electron chi connectivity index (χ4n) is 3.09. The van der Waals surface area contributed by atoms with Crippen LogP contribution < -0.4 is 0 Å². The van der Waals surface area contributed by atoms with Crippen LogP contribution in [0.25, 0.3) is 11.3 Å². The Kier molecular flexibility index (Phi) is 5.81. The first kappa shape index (κ1) is 19.0. The third kappa shape index (κ3) is 4.31. The zero-order chi connectivity index (χ0) is 19.4. The molecule has 0 aliphatic heterocycles. The van der Waals surface area contributed by atoms with Crippen molar-refractivity contribution in [1.82, 2.24) is 9.55 Å². The molecule has 0 radical (unpaired) electrons. The van der Waals surface area contributed by atoms with Crippen LogP contribution in [0.2, 0.25) is 5.15 Å². The van der Waals surface area contributed by atoms with Gasteiger partial charge in [-0.1, -0.05) is 29.8 Å². The Morgan fingerprint density at radius 1 is 1.22 bits per heavy atom. The molecule has 0 saturated carbocycles. The van der Waals surface area contributed by atoms with Crippen molar-refractivity contribution >= 4 is 17.6 Å². The monoisotopic (exact) mass is 384 g/mol. The lowest BCUT2D eigenvalue weighted by Crippen LogP contribution is -2.15. The molecular formula is C21H21ClN2O3. The lowest BCUT2D eigenvalue weighted by Gasteiger charge is -2.12. The van der Waals surface area contributed by atoms with Crippen molar-refractivity contribution in [2.45, 2.75) is 26.8 Å². The average molecular weight is 385 g/mol. The summed E-state index contributed by atoms with van der Waals surface area (Å²) in [5, 5.41) is 10.5. The van der Waals surface area contributed by atoms with Gasteiger partial charge in [-0.3, -0.25) is 4.79 Å². The van der Waals surface area contributed by atoms with Crippen LogP contribution in [0.15, 0.2) is 48.7 Å². The van der Waals surface area contributed by atoms with Gasteiger partial charge >= 0.3 is 5.97 Å². The summed E-state index contributed by atoms with van der Waals surface area (Å²) in [6.45, 7) is 4.18. The molecule has 0 fully saturated rings. The molecule has 0 aliphatic carbocycles. The van der Waals surface area contributed by atoms with Crippen molar-refractivity contribution < 1.29 is 14.6 Å². The van der Waals surface area contributed by atoms with Gasteiger partial charge in [-0.25, -0.2) is 4.98 Å². The van der Waals surface area contributed by atoms with E-state index in [-0.39, 0.29) is 18.3 Å². The third-order valence-corrected chi connectivity index (χ3v) is 4.67. The predicted octanol–water partition coefficient (Wildman–Crippen LogP) is 4.37. The number of pyridine rings is 1. The number of carbonyl (C=O) groups is 1. The van der Waals surface area contributed by atoms with E-state index in [2.05, 4.69) is 4.98 Å². The SMILES string of the molecule is CCOC(=O)Cn1c(-c2ccnc(Cl)c2)cc(Cc2ccccc2O)c1C. The molecule has 2 heterocycles. The molecular weight excluding hydrogens is 364 g/mol. The number of para-hydroxylation sites is 1. The summed E-state index contributed by atoms with van der Waals surface area (Å²) in [6, 6.07) is 12.9. The minimum Gasteiger partial charge on any atom is -0.508 e. The number of aromatic hydroxyl groups is 1. The summed E-state index contributed by atoms with van der Waals surface area (Å²) in [7, 11) is 0. The normalized spacial score (nSPS) is 10.8. The molecule has 6 heteroatoms. The standard InChI is InChI=1S/C21H21ClN2O3/c1-3-27-21(26)13-24-14(2)17(10-16-6-4-5-7-19(16)25)11-18(24)15-8-9-23-20(22)12-15/h4-9,11-12,25H,3,10,13H2,1-2H3. The topological polar surface area (TPSA) is 64.4 Å². The minimum atomic E-state index is -0.299. The second kappa shape index (κ2) is 8.27. The number of nitrogens with zero attached hydrogens (tertiary/aromatic N) is 2. The highest BCUT2D eigenvalue weighted by Gasteiger charge is 2.17. The Hall–Kier alpha value is -2.79. The van der Waals surface area contributed by atoms with E-state index in [0.29, 0.717) is 18.2 Å². The van der Waals surface area contributed by atoms with E-state index < -0.39 is 0 Å². The zero-order valence-corrected chi connectivity index (χ0v) is 16.0. The summed E-state index contributed by atoms with van der Waals surface area (Å²) >= 11 is 6.05. The van der Waals surface area contributed by atoms with Gasteiger partial charge in [0.2, 0.25) is 0 Å². The summed E-state index contributed by atoms with van der Waals surface area (Å²) in [4.78, 5) is 16.1. The van der Waals surface area contributed by atoms with Gasteiger partial charge in [-0.15, -0.1) is 0 Å². The van der Waals surface area contributed by atoms with Gasteiger partial charge in [0.1, 0.15) is 17.4 Å².